The third-order valence-electron chi connectivity index (χ3n) is 4.27. The average molecular weight is 368 g/mol. The number of carboxylic acids is 1. The Labute approximate surface area is 148 Å². The molecule has 138 valence electrons. The molecule has 0 bridgehead atoms. The van der Waals surface area contributed by atoms with E-state index in [9.17, 15) is 23.1 Å². The fraction of sp³-hybridized carbons (Fsp3) is 0.529. The Morgan fingerprint density at radius 3 is 2.68 bits per heavy atom. The van der Waals surface area contributed by atoms with Crippen molar-refractivity contribution >= 4 is 27.6 Å². The maximum atomic E-state index is 12.4. The smallest absolute Gasteiger partial charge is 0.326 e. The number of sulfonamides is 1. The van der Waals surface area contributed by atoms with Crippen molar-refractivity contribution in [3.05, 3.63) is 29.3 Å². The summed E-state index contributed by atoms with van der Waals surface area (Å²) in [5, 5.41) is 11.8. The van der Waals surface area contributed by atoms with Crippen molar-refractivity contribution in [1.29, 1.82) is 0 Å². The standard InChI is InChI=1S/C17H24N2O5S/c1-3-4-7-14(17(21)22)18-16(20)13-8-9-15-12(11-13)6-5-10-19(15)25(2,23)24/h8-9,11,14H,3-7,10H2,1-2H3,(H,18,20)(H,21,22)/t14-/m0/s1. The van der Waals surface area contributed by atoms with Gasteiger partial charge in [0.2, 0.25) is 10.0 Å². The Bertz CT molecular complexity index is 760. The van der Waals surface area contributed by atoms with Gasteiger partial charge in [-0.3, -0.25) is 9.10 Å². The minimum absolute atomic E-state index is 0.344. The number of unbranched alkanes of at least 4 members (excludes halogenated alkanes) is 1. The van der Waals surface area contributed by atoms with Crippen molar-refractivity contribution in [2.45, 2.75) is 45.1 Å². The van der Waals surface area contributed by atoms with E-state index in [-0.39, 0.29) is 0 Å². The Morgan fingerprint density at radius 2 is 2.08 bits per heavy atom. The summed E-state index contributed by atoms with van der Waals surface area (Å²) in [5.41, 5.74) is 1.72. The van der Waals surface area contributed by atoms with Gasteiger partial charge in [0.05, 0.1) is 11.9 Å². The lowest BCUT2D eigenvalue weighted by Gasteiger charge is -2.29. The Kier molecular flexibility index (Phi) is 6.05. The van der Waals surface area contributed by atoms with Crippen LogP contribution in [0.3, 0.4) is 0 Å². The zero-order chi connectivity index (χ0) is 18.6. The molecule has 7 nitrogen and oxygen atoms in total. The van der Waals surface area contributed by atoms with Crippen LogP contribution in [0.1, 0.15) is 48.5 Å². The number of carboxylic acid groups (broad SMARTS) is 1. The number of fused-ring (bicyclic) bond motifs is 1. The Balaban J connectivity index is 2.21. The van der Waals surface area contributed by atoms with E-state index in [1.165, 1.54) is 10.4 Å². The molecule has 1 aliphatic heterocycles. The van der Waals surface area contributed by atoms with Gasteiger partial charge in [0.1, 0.15) is 6.04 Å². The maximum absolute atomic E-state index is 12.4. The van der Waals surface area contributed by atoms with Gasteiger partial charge in [-0.15, -0.1) is 0 Å². The average Bonchev–Trinajstić information content (AvgIpc) is 2.56. The van der Waals surface area contributed by atoms with E-state index in [1.807, 2.05) is 6.92 Å². The van der Waals surface area contributed by atoms with Crippen LogP contribution >= 0.6 is 0 Å². The zero-order valence-corrected chi connectivity index (χ0v) is 15.3. The molecule has 1 amide bonds. The molecule has 2 rings (SSSR count). The van der Waals surface area contributed by atoms with Crippen LogP contribution in [0, 0.1) is 0 Å². The number of hydrogen-bond donors (Lipinski definition) is 2. The van der Waals surface area contributed by atoms with E-state index in [4.69, 9.17) is 0 Å². The molecule has 25 heavy (non-hydrogen) atoms. The summed E-state index contributed by atoms with van der Waals surface area (Å²) in [4.78, 5) is 23.7. The van der Waals surface area contributed by atoms with Crippen molar-refractivity contribution in [3.8, 4) is 0 Å². The summed E-state index contributed by atoms with van der Waals surface area (Å²) in [7, 11) is -3.36. The molecule has 0 aromatic heterocycles. The monoisotopic (exact) mass is 368 g/mol. The van der Waals surface area contributed by atoms with Crippen LogP contribution in [0.4, 0.5) is 5.69 Å². The molecule has 1 aromatic carbocycles. The fourth-order valence-electron chi connectivity index (χ4n) is 2.96. The molecule has 2 N–H and O–H groups in total. The first kappa shape index (κ1) is 19.2. The number of nitrogens with zero attached hydrogens (tertiary/aromatic N) is 1. The highest BCUT2D eigenvalue weighted by atomic mass is 32.2. The fourth-order valence-corrected chi connectivity index (χ4v) is 3.95. The highest BCUT2D eigenvalue weighted by Gasteiger charge is 2.25. The molecule has 0 spiro atoms. The molecule has 0 radical (unpaired) electrons. The summed E-state index contributed by atoms with van der Waals surface area (Å²) >= 11 is 0. The Hall–Kier alpha value is -2.09. The normalized spacial score (nSPS) is 15.4. The van der Waals surface area contributed by atoms with Gasteiger partial charge < -0.3 is 10.4 Å². The van der Waals surface area contributed by atoms with Gasteiger partial charge in [-0.05, 0) is 43.0 Å². The third-order valence-corrected chi connectivity index (χ3v) is 5.45. The van der Waals surface area contributed by atoms with Gasteiger partial charge in [-0.2, -0.15) is 0 Å². The first-order chi connectivity index (χ1) is 11.7. The van der Waals surface area contributed by atoms with Gasteiger partial charge >= 0.3 is 5.97 Å². The second-order valence-electron chi connectivity index (χ2n) is 6.29. The van der Waals surface area contributed by atoms with Crippen LogP contribution in [-0.2, 0) is 21.2 Å². The van der Waals surface area contributed by atoms with Gasteiger partial charge in [0.25, 0.3) is 5.91 Å². The SMILES string of the molecule is CCCC[C@H](NC(=O)c1ccc2c(c1)CCCN2S(C)(=O)=O)C(=O)O. The van der Waals surface area contributed by atoms with Crippen molar-refractivity contribution < 1.29 is 23.1 Å². The van der Waals surface area contributed by atoms with E-state index < -0.39 is 27.9 Å². The van der Waals surface area contributed by atoms with Gasteiger partial charge in [-0.25, -0.2) is 13.2 Å². The first-order valence-electron chi connectivity index (χ1n) is 8.38. The molecule has 0 aliphatic carbocycles. The molecule has 1 aromatic rings. The zero-order valence-electron chi connectivity index (χ0n) is 14.5. The Morgan fingerprint density at radius 1 is 1.36 bits per heavy atom. The lowest BCUT2D eigenvalue weighted by molar-refractivity contribution is -0.139. The first-order valence-corrected chi connectivity index (χ1v) is 10.2. The van der Waals surface area contributed by atoms with E-state index >= 15 is 0 Å². The van der Waals surface area contributed by atoms with Crippen molar-refractivity contribution in [3.63, 3.8) is 0 Å². The second kappa shape index (κ2) is 7.86. The number of rotatable bonds is 7. The number of anilines is 1. The summed E-state index contributed by atoms with van der Waals surface area (Å²) in [6, 6.07) is 3.89. The van der Waals surface area contributed by atoms with Gasteiger partial charge in [0.15, 0.2) is 0 Å². The minimum atomic E-state index is -3.36. The number of amides is 1. The topological polar surface area (TPSA) is 104 Å². The van der Waals surface area contributed by atoms with Crippen LogP contribution in [0.5, 0.6) is 0 Å². The number of benzene rings is 1. The number of aryl methyl sites for hydroxylation is 1. The van der Waals surface area contributed by atoms with E-state index in [1.54, 1.807) is 12.1 Å². The van der Waals surface area contributed by atoms with Crippen LogP contribution in [0.15, 0.2) is 18.2 Å². The van der Waals surface area contributed by atoms with E-state index in [0.29, 0.717) is 43.5 Å². The second-order valence-corrected chi connectivity index (χ2v) is 8.20. The van der Waals surface area contributed by atoms with Crippen molar-refractivity contribution in [2.75, 3.05) is 17.1 Å². The maximum Gasteiger partial charge on any atom is 0.326 e. The number of nitrogens with one attached hydrogen (secondary N) is 1. The summed E-state index contributed by atoms with van der Waals surface area (Å²) in [5.74, 6) is -1.51. The molecule has 0 saturated carbocycles. The lowest BCUT2D eigenvalue weighted by Crippen LogP contribution is -2.41. The number of carbonyl (C=O) groups is 2. The number of aliphatic carboxylic acids is 1. The molecule has 1 heterocycles. The van der Waals surface area contributed by atoms with Gasteiger partial charge in [-0.1, -0.05) is 19.8 Å². The summed E-state index contributed by atoms with van der Waals surface area (Å²) < 4.78 is 25.1. The molecular formula is C17H24N2O5S. The number of carbonyl (C=O) groups excluding carboxylic acids is 1. The summed E-state index contributed by atoms with van der Waals surface area (Å²) in [6.07, 6.45) is 4.46. The summed E-state index contributed by atoms with van der Waals surface area (Å²) in [6.45, 7) is 2.38. The number of hydrogen-bond acceptors (Lipinski definition) is 4. The predicted molar refractivity (Wildman–Crippen MR) is 95.4 cm³/mol. The van der Waals surface area contributed by atoms with E-state index in [0.717, 1.165) is 18.2 Å². The van der Waals surface area contributed by atoms with Crippen molar-refractivity contribution in [2.24, 2.45) is 0 Å². The minimum Gasteiger partial charge on any atom is -0.480 e. The van der Waals surface area contributed by atoms with Crippen molar-refractivity contribution in [1.82, 2.24) is 5.32 Å². The van der Waals surface area contributed by atoms with Crippen LogP contribution in [0.2, 0.25) is 0 Å². The van der Waals surface area contributed by atoms with Gasteiger partial charge in [0, 0.05) is 12.1 Å². The highest BCUT2D eigenvalue weighted by Crippen LogP contribution is 2.29. The lowest BCUT2D eigenvalue weighted by atomic mass is 10.00. The van der Waals surface area contributed by atoms with Crippen LogP contribution in [-0.4, -0.2) is 44.2 Å². The largest absolute Gasteiger partial charge is 0.480 e. The quantitative estimate of drug-likeness (QED) is 0.763. The molecule has 8 heteroatoms. The predicted octanol–water partition coefficient (Wildman–Crippen LogP) is 1.77. The van der Waals surface area contributed by atoms with E-state index in [2.05, 4.69) is 5.32 Å². The third kappa shape index (κ3) is 4.72. The highest BCUT2D eigenvalue weighted by molar-refractivity contribution is 7.92. The van der Waals surface area contributed by atoms with Crippen LogP contribution in [0.25, 0.3) is 0 Å². The molecule has 1 aliphatic rings. The molecular weight excluding hydrogens is 344 g/mol. The molecule has 0 unspecified atom stereocenters. The molecule has 1 atom stereocenters. The van der Waals surface area contributed by atoms with Crippen LogP contribution < -0.4 is 9.62 Å². The molecule has 0 saturated heterocycles. The molecule has 0 fully saturated rings.